The molecule has 0 saturated heterocycles. The minimum absolute atomic E-state index is 0.0705. The van der Waals surface area contributed by atoms with E-state index in [0.29, 0.717) is 17.6 Å². The highest BCUT2D eigenvalue weighted by molar-refractivity contribution is 9.10. The van der Waals surface area contributed by atoms with E-state index in [9.17, 15) is 20.0 Å². The predicted molar refractivity (Wildman–Crippen MR) is 113 cm³/mol. The number of halogens is 1. The smallest absolute Gasteiger partial charge is 0.271 e. The lowest BCUT2D eigenvalue weighted by Gasteiger charge is -2.15. The van der Waals surface area contributed by atoms with Crippen LogP contribution >= 0.6 is 15.9 Å². The van der Waals surface area contributed by atoms with E-state index in [1.807, 2.05) is 25.1 Å². The Morgan fingerprint density at radius 3 is 2.66 bits per heavy atom. The van der Waals surface area contributed by atoms with Crippen LogP contribution in [0.15, 0.2) is 31.9 Å². The minimum atomic E-state index is -0.583. The van der Waals surface area contributed by atoms with Gasteiger partial charge in [0.2, 0.25) is 11.7 Å². The number of pyridine rings is 1. The van der Waals surface area contributed by atoms with E-state index in [-0.39, 0.29) is 29.0 Å². The molecule has 0 amide bonds. The first-order chi connectivity index (χ1) is 13.8. The van der Waals surface area contributed by atoms with Crippen molar-refractivity contribution in [2.24, 2.45) is 0 Å². The number of fused-ring (bicyclic) bond motifs is 1. The number of ketones is 1. The monoisotopic (exact) mass is 456 g/mol. The number of hydrogen-bond donors (Lipinski definition) is 1. The van der Waals surface area contributed by atoms with E-state index in [4.69, 9.17) is 4.42 Å². The number of carbonyl (C=O) groups is 1. The summed E-state index contributed by atoms with van der Waals surface area (Å²) in [4.78, 5) is 26.0. The van der Waals surface area contributed by atoms with Gasteiger partial charge in [-0.2, -0.15) is 5.26 Å². The third-order valence-electron chi connectivity index (χ3n) is 5.12. The van der Waals surface area contributed by atoms with Gasteiger partial charge in [-0.15, -0.1) is 0 Å². The van der Waals surface area contributed by atoms with Gasteiger partial charge in [-0.25, -0.2) is 0 Å². The zero-order chi connectivity index (χ0) is 21.3. The molecule has 6 nitrogen and oxygen atoms in total. The van der Waals surface area contributed by atoms with Gasteiger partial charge in [-0.1, -0.05) is 35.7 Å². The van der Waals surface area contributed by atoms with E-state index < -0.39 is 17.2 Å². The number of nitriles is 1. The van der Waals surface area contributed by atoms with Gasteiger partial charge in [0.1, 0.15) is 17.2 Å². The standard InChI is InChI=1S/C22H21BrN2O4/c1-4-5-6-9-25-21(27)16(11-24)12(2)18(22(25)28)19(26)20-13(3)15-10-14(23)7-8-17(15)29-20/h7-8,10,28H,4-6,9H2,1-3H3. The summed E-state index contributed by atoms with van der Waals surface area (Å²) in [6, 6.07) is 7.30. The van der Waals surface area contributed by atoms with Crippen LogP contribution in [0.2, 0.25) is 0 Å². The number of unbranched alkanes of at least 4 members (excludes halogenated alkanes) is 2. The van der Waals surface area contributed by atoms with Gasteiger partial charge in [0, 0.05) is 22.0 Å². The molecule has 29 heavy (non-hydrogen) atoms. The zero-order valence-corrected chi connectivity index (χ0v) is 18.1. The molecule has 0 spiro atoms. The zero-order valence-electron chi connectivity index (χ0n) is 16.5. The Morgan fingerprint density at radius 2 is 2.00 bits per heavy atom. The lowest BCUT2D eigenvalue weighted by molar-refractivity contribution is 0.100. The number of benzene rings is 1. The van der Waals surface area contributed by atoms with Crippen LogP contribution in [0, 0.1) is 25.2 Å². The molecule has 2 heterocycles. The number of carbonyl (C=O) groups excluding carboxylic acids is 1. The Hall–Kier alpha value is -2.85. The van der Waals surface area contributed by atoms with Gasteiger partial charge in [0.25, 0.3) is 5.56 Å². The van der Waals surface area contributed by atoms with E-state index >= 15 is 0 Å². The lowest BCUT2D eigenvalue weighted by Crippen LogP contribution is -2.27. The van der Waals surface area contributed by atoms with Crippen molar-refractivity contribution in [3.8, 4) is 11.9 Å². The predicted octanol–water partition coefficient (Wildman–Crippen LogP) is 4.97. The average molecular weight is 457 g/mol. The highest BCUT2D eigenvalue weighted by atomic mass is 79.9. The molecule has 0 aliphatic heterocycles. The van der Waals surface area contributed by atoms with Gasteiger partial charge >= 0.3 is 0 Å². The summed E-state index contributed by atoms with van der Waals surface area (Å²) in [7, 11) is 0. The van der Waals surface area contributed by atoms with Crippen LogP contribution in [-0.4, -0.2) is 15.5 Å². The Bertz CT molecular complexity index is 1210. The second-order valence-electron chi connectivity index (χ2n) is 7.00. The van der Waals surface area contributed by atoms with Crippen molar-refractivity contribution >= 4 is 32.7 Å². The topological polar surface area (TPSA) is 96.2 Å². The number of aryl methyl sites for hydroxylation is 1. The fourth-order valence-corrected chi connectivity index (χ4v) is 3.83. The number of furan rings is 1. The van der Waals surface area contributed by atoms with Crippen molar-refractivity contribution in [3.63, 3.8) is 0 Å². The maximum atomic E-state index is 13.3. The molecule has 3 aromatic rings. The van der Waals surface area contributed by atoms with Crippen molar-refractivity contribution in [2.45, 2.75) is 46.6 Å². The number of aromatic nitrogens is 1. The highest BCUT2D eigenvalue weighted by Crippen LogP contribution is 2.32. The Labute approximate surface area is 176 Å². The molecule has 0 atom stereocenters. The van der Waals surface area contributed by atoms with Crippen molar-refractivity contribution in [1.29, 1.82) is 5.26 Å². The Morgan fingerprint density at radius 1 is 1.28 bits per heavy atom. The highest BCUT2D eigenvalue weighted by Gasteiger charge is 2.28. The van der Waals surface area contributed by atoms with Crippen LogP contribution in [0.25, 0.3) is 11.0 Å². The lowest BCUT2D eigenvalue weighted by atomic mass is 9.98. The van der Waals surface area contributed by atoms with Crippen LogP contribution in [0.1, 0.15) is 59.0 Å². The average Bonchev–Trinajstić information content (AvgIpc) is 3.01. The summed E-state index contributed by atoms with van der Waals surface area (Å²) >= 11 is 3.41. The van der Waals surface area contributed by atoms with E-state index in [1.54, 1.807) is 13.0 Å². The molecular weight excluding hydrogens is 436 g/mol. The van der Waals surface area contributed by atoms with Crippen molar-refractivity contribution in [3.05, 3.63) is 61.0 Å². The Balaban J connectivity index is 2.21. The van der Waals surface area contributed by atoms with E-state index in [0.717, 1.165) is 27.3 Å². The SMILES string of the molecule is CCCCCn1c(O)c(C(=O)c2oc3ccc(Br)cc3c2C)c(C)c(C#N)c1=O. The van der Waals surface area contributed by atoms with Crippen LogP contribution in [0.5, 0.6) is 5.88 Å². The number of aromatic hydroxyl groups is 1. The van der Waals surface area contributed by atoms with Crippen LogP contribution in [0.4, 0.5) is 0 Å². The largest absolute Gasteiger partial charge is 0.494 e. The Kier molecular flexibility index (Phi) is 5.94. The molecular formula is C22H21BrN2O4. The molecule has 2 aromatic heterocycles. The minimum Gasteiger partial charge on any atom is -0.494 e. The van der Waals surface area contributed by atoms with Gasteiger partial charge in [-0.05, 0) is 44.0 Å². The normalized spacial score (nSPS) is 11.0. The summed E-state index contributed by atoms with van der Waals surface area (Å²) in [6.07, 6.45) is 2.46. The fourth-order valence-electron chi connectivity index (χ4n) is 3.47. The molecule has 1 aromatic carbocycles. The van der Waals surface area contributed by atoms with Crippen molar-refractivity contribution < 1.29 is 14.3 Å². The molecule has 150 valence electrons. The van der Waals surface area contributed by atoms with E-state index in [1.165, 1.54) is 6.92 Å². The van der Waals surface area contributed by atoms with Gasteiger partial charge in [0.05, 0.1) is 5.56 Å². The van der Waals surface area contributed by atoms with E-state index in [2.05, 4.69) is 15.9 Å². The maximum absolute atomic E-state index is 13.3. The first-order valence-electron chi connectivity index (χ1n) is 9.41. The second kappa shape index (κ2) is 8.26. The van der Waals surface area contributed by atoms with Gasteiger partial charge in [0.15, 0.2) is 5.76 Å². The molecule has 0 aliphatic carbocycles. The van der Waals surface area contributed by atoms with Crippen molar-refractivity contribution in [1.82, 2.24) is 4.57 Å². The van der Waals surface area contributed by atoms with Gasteiger partial charge in [-0.3, -0.25) is 14.2 Å². The molecule has 0 radical (unpaired) electrons. The summed E-state index contributed by atoms with van der Waals surface area (Å²) in [6.45, 7) is 5.52. The van der Waals surface area contributed by atoms with Crippen LogP contribution < -0.4 is 5.56 Å². The molecule has 0 bridgehead atoms. The van der Waals surface area contributed by atoms with Crippen LogP contribution in [0.3, 0.4) is 0 Å². The quantitative estimate of drug-likeness (QED) is 0.416. The molecule has 3 rings (SSSR count). The molecule has 0 aliphatic rings. The summed E-state index contributed by atoms with van der Waals surface area (Å²) in [5.41, 5.74) is 0.543. The molecule has 1 N–H and O–H groups in total. The maximum Gasteiger partial charge on any atom is 0.271 e. The first kappa shape index (κ1) is 20.9. The number of nitrogens with zero attached hydrogens (tertiary/aromatic N) is 2. The number of hydrogen-bond acceptors (Lipinski definition) is 5. The summed E-state index contributed by atoms with van der Waals surface area (Å²) < 4.78 is 7.73. The van der Waals surface area contributed by atoms with Gasteiger partial charge < -0.3 is 9.52 Å². The third-order valence-corrected chi connectivity index (χ3v) is 5.61. The molecule has 7 heteroatoms. The third kappa shape index (κ3) is 3.60. The first-order valence-corrected chi connectivity index (χ1v) is 10.2. The molecule has 0 unspecified atom stereocenters. The van der Waals surface area contributed by atoms with Crippen molar-refractivity contribution in [2.75, 3.05) is 0 Å². The summed E-state index contributed by atoms with van der Waals surface area (Å²) in [5.74, 6) is -0.890. The number of rotatable bonds is 6. The fraction of sp³-hybridized carbons (Fsp3) is 0.318. The molecule has 0 saturated carbocycles. The second-order valence-corrected chi connectivity index (χ2v) is 7.92. The summed E-state index contributed by atoms with van der Waals surface area (Å²) in [5, 5.41) is 21.0. The molecule has 0 fully saturated rings. The van der Waals surface area contributed by atoms with Crippen LogP contribution in [-0.2, 0) is 6.54 Å².